The molecule has 0 aromatic heterocycles. The van der Waals surface area contributed by atoms with Gasteiger partial charge in [-0.2, -0.15) is 0 Å². The topological polar surface area (TPSA) is 3.24 Å². The van der Waals surface area contributed by atoms with E-state index in [0.29, 0.717) is 0 Å². The lowest BCUT2D eigenvalue weighted by Crippen LogP contribution is -2.29. The smallest absolute Gasteiger partial charge is 0.0123 e. The third kappa shape index (κ3) is 4.47. The lowest BCUT2D eigenvalue weighted by Gasteiger charge is -2.30. The Morgan fingerprint density at radius 3 is 2.21 bits per heavy atom. The molecule has 2 heteroatoms. The highest BCUT2D eigenvalue weighted by Crippen LogP contribution is 2.30. The van der Waals surface area contributed by atoms with E-state index in [9.17, 15) is 0 Å². The SMILES string of the molecule is CCC1CCC(CN(C)CCI)CC1. The highest BCUT2D eigenvalue weighted by Gasteiger charge is 2.20. The van der Waals surface area contributed by atoms with E-state index in [0.717, 1.165) is 11.8 Å². The van der Waals surface area contributed by atoms with Crippen LogP contribution in [0.3, 0.4) is 0 Å². The first-order chi connectivity index (χ1) is 6.76. The van der Waals surface area contributed by atoms with Crippen LogP contribution in [0.2, 0.25) is 0 Å². The highest BCUT2D eigenvalue weighted by molar-refractivity contribution is 14.1. The van der Waals surface area contributed by atoms with Crippen LogP contribution in [0, 0.1) is 11.8 Å². The van der Waals surface area contributed by atoms with E-state index in [4.69, 9.17) is 0 Å². The zero-order valence-corrected chi connectivity index (χ0v) is 11.8. The molecule has 84 valence electrons. The van der Waals surface area contributed by atoms with Crippen LogP contribution < -0.4 is 0 Å². The van der Waals surface area contributed by atoms with Crippen LogP contribution in [0.25, 0.3) is 0 Å². The summed E-state index contributed by atoms with van der Waals surface area (Å²) in [6.07, 6.45) is 7.32. The Hall–Kier alpha value is 0.690. The van der Waals surface area contributed by atoms with E-state index in [2.05, 4.69) is 41.5 Å². The molecule has 0 bridgehead atoms. The molecule has 0 aromatic carbocycles. The van der Waals surface area contributed by atoms with Gasteiger partial charge in [0.1, 0.15) is 0 Å². The van der Waals surface area contributed by atoms with Gasteiger partial charge in [0.05, 0.1) is 0 Å². The normalized spacial score (nSPS) is 28.3. The van der Waals surface area contributed by atoms with Crippen molar-refractivity contribution in [2.75, 3.05) is 24.6 Å². The van der Waals surface area contributed by atoms with Gasteiger partial charge >= 0.3 is 0 Å². The molecule has 0 heterocycles. The minimum Gasteiger partial charge on any atom is -0.305 e. The molecule has 0 atom stereocenters. The number of nitrogens with zero attached hydrogens (tertiary/aromatic N) is 1. The molecule has 1 aliphatic rings. The van der Waals surface area contributed by atoms with Crippen molar-refractivity contribution in [3.8, 4) is 0 Å². The van der Waals surface area contributed by atoms with Gasteiger partial charge in [-0.05, 0) is 31.7 Å². The second-order valence-electron chi connectivity index (χ2n) is 4.75. The second-order valence-corrected chi connectivity index (χ2v) is 5.82. The molecule has 0 N–H and O–H groups in total. The van der Waals surface area contributed by atoms with Gasteiger partial charge in [-0.1, -0.05) is 48.8 Å². The molecule has 14 heavy (non-hydrogen) atoms. The Bertz CT molecular complexity index is 141. The summed E-state index contributed by atoms with van der Waals surface area (Å²) in [4.78, 5) is 2.50. The zero-order chi connectivity index (χ0) is 10.4. The van der Waals surface area contributed by atoms with E-state index < -0.39 is 0 Å². The average Bonchev–Trinajstić information content (AvgIpc) is 2.19. The van der Waals surface area contributed by atoms with E-state index in [1.165, 1.54) is 49.6 Å². The van der Waals surface area contributed by atoms with Crippen molar-refractivity contribution < 1.29 is 0 Å². The van der Waals surface area contributed by atoms with Crippen LogP contribution in [0.4, 0.5) is 0 Å². The molecule has 1 rings (SSSR count). The zero-order valence-electron chi connectivity index (χ0n) is 9.64. The summed E-state index contributed by atoms with van der Waals surface area (Å²) in [6, 6.07) is 0. The largest absolute Gasteiger partial charge is 0.305 e. The van der Waals surface area contributed by atoms with Gasteiger partial charge < -0.3 is 4.90 Å². The quantitative estimate of drug-likeness (QED) is 0.554. The third-order valence-corrected chi connectivity index (χ3v) is 4.06. The van der Waals surface area contributed by atoms with Gasteiger partial charge in [0.2, 0.25) is 0 Å². The number of halogens is 1. The van der Waals surface area contributed by atoms with Crippen LogP contribution in [0.5, 0.6) is 0 Å². The van der Waals surface area contributed by atoms with Gasteiger partial charge in [-0.25, -0.2) is 0 Å². The van der Waals surface area contributed by atoms with Gasteiger partial charge in [-0.15, -0.1) is 0 Å². The Balaban J connectivity index is 2.15. The van der Waals surface area contributed by atoms with Crippen LogP contribution in [0.1, 0.15) is 39.0 Å². The maximum atomic E-state index is 2.50. The predicted octanol–water partition coefficient (Wildman–Crippen LogP) is 3.57. The summed E-state index contributed by atoms with van der Waals surface area (Å²) in [6.45, 7) is 4.93. The van der Waals surface area contributed by atoms with Gasteiger partial charge in [-0.3, -0.25) is 0 Å². The first-order valence-corrected chi connectivity index (χ1v) is 7.53. The van der Waals surface area contributed by atoms with E-state index in [1.54, 1.807) is 0 Å². The Labute approximate surface area is 103 Å². The maximum Gasteiger partial charge on any atom is 0.0123 e. The molecule has 0 aliphatic heterocycles. The molecule has 0 spiro atoms. The molecule has 1 saturated carbocycles. The molecule has 1 fully saturated rings. The highest BCUT2D eigenvalue weighted by atomic mass is 127. The molecule has 1 nitrogen and oxygen atoms in total. The fourth-order valence-electron chi connectivity index (χ4n) is 2.50. The molecular weight excluding hydrogens is 285 g/mol. The van der Waals surface area contributed by atoms with Gasteiger partial charge in [0, 0.05) is 17.5 Å². The molecule has 0 saturated heterocycles. The minimum atomic E-state index is 0.991. The molecular formula is C12H24IN. The van der Waals surface area contributed by atoms with Crippen LogP contribution in [-0.2, 0) is 0 Å². The molecule has 0 unspecified atom stereocenters. The predicted molar refractivity (Wildman–Crippen MR) is 72.1 cm³/mol. The number of hydrogen-bond acceptors (Lipinski definition) is 1. The molecule has 0 aromatic rings. The van der Waals surface area contributed by atoms with Crippen molar-refractivity contribution in [3.63, 3.8) is 0 Å². The summed E-state index contributed by atoms with van der Waals surface area (Å²) < 4.78 is 1.26. The first-order valence-electron chi connectivity index (χ1n) is 6.00. The summed E-state index contributed by atoms with van der Waals surface area (Å²) in [5.74, 6) is 2.03. The monoisotopic (exact) mass is 309 g/mol. The second kappa shape index (κ2) is 7.04. The Kier molecular flexibility index (Phi) is 6.42. The Morgan fingerprint density at radius 2 is 1.71 bits per heavy atom. The third-order valence-electron chi connectivity index (χ3n) is 3.58. The molecule has 1 aliphatic carbocycles. The summed E-state index contributed by atoms with van der Waals surface area (Å²) in [7, 11) is 2.27. The van der Waals surface area contributed by atoms with Crippen LogP contribution in [-0.4, -0.2) is 29.5 Å². The average molecular weight is 309 g/mol. The van der Waals surface area contributed by atoms with E-state index in [1.807, 2.05) is 0 Å². The van der Waals surface area contributed by atoms with Gasteiger partial charge in [0.25, 0.3) is 0 Å². The summed E-state index contributed by atoms with van der Waals surface area (Å²) in [5, 5.41) is 0. The van der Waals surface area contributed by atoms with Crippen molar-refractivity contribution >= 4 is 22.6 Å². The van der Waals surface area contributed by atoms with Crippen LogP contribution >= 0.6 is 22.6 Å². The fourth-order valence-corrected chi connectivity index (χ4v) is 3.32. The van der Waals surface area contributed by atoms with Crippen molar-refractivity contribution in [2.45, 2.75) is 39.0 Å². The fraction of sp³-hybridized carbons (Fsp3) is 1.00. The van der Waals surface area contributed by atoms with Crippen molar-refractivity contribution in [3.05, 3.63) is 0 Å². The standard InChI is InChI=1S/C12H24IN/c1-3-11-4-6-12(7-5-11)10-14(2)9-8-13/h11-12H,3-10H2,1-2H3. The van der Waals surface area contributed by atoms with Gasteiger partial charge in [0.15, 0.2) is 0 Å². The summed E-state index contributed by atoms with van der Waals surface area (Å²) in [5.41, 5.74) is 0. The van der Waals surface area contributed by atoms with Crippen molar-refractivity contribution in [2.24, 2.45) is 11.8 Å². The van der Waals surface area contributed by atoms with E-state index >= 15 is 0 Å². The Morgan fingerprint density at radius 1 is 1.14 bits per heavy atom. The number of alkyl halides is 1. The molecule has 0 radical (unpaired) electrons. The van der Waals surface area contributed by atoms with Crippen LogP contribution in [0.15, 0.2) is 0 Å². The number of rotatable bonds is 5. The van der Waals surface area contributed by atoms with Crippen molar-refractivity contribution in [1.82, 2.24) is 4.90 Å². The minimum absolute atomic E-state index is 0.991. The van der Waals surface area contributed by atoms with Crippen molar-refractivity contribution in [1.29, 1.82) is 0 Å². The first kappa shape index (κ1) is 12.8. The maximum absolute atomic E-state index is 2.50. The number of hydrogen-bond donors (Lipinski definition) is 0. The molecule has 0 amide bonds. The lowest BCUT2D eigenvalue weighted by atomic mass is 9.81. The summed E-state index contributed by atoms with van der Waals surface area (Å²) >= 11 is 2.46. The van der Waals surface area contributed by atoms with E-state index in [-0.39, 0.29) is 0 Å². The lowest BCUT2D eigenvalue weighted by molar-refractivity contribution is 0.207.